The predicted molar refractivity (Wildman–Crippen MR) is 140 cm³/mol. The Morgan fingerprint density at radius 3 is 2.50 bits per heavy atom. The lowest BCUT2D eigenvalue weighted by molar-refractivity contribution is -0.143. The van der Waals surface area contributed by atoms with Crippen LogP contribution in [0.15, 0.2) is 11.6 Å². The van der Waals surface area contributed by atoms with Crippen molar-refractivity contribution >= 4 is 29.2 Å². The maximum Gasteiger partial charge on any atom is 0.340 e. The highest BCUT2D eigenvalue weighted by Crippen LogP contribution is 2.69. The van der Waals surface area contributed by atoms with E-state index in [1.54, 1.807) is 0 Å². The normalized spacial score (nSPS) is 43.0. The third kappa shape index (κ3) is 4.28. The van der Waals surface area contributed by atoms with E-state index in [2.05, 4.69) is 40.7 Å². The van der Waals surface area contributed by atoms with E-state index < -0.39 is 22.3 Å². The van der Waals surface area contributed by atoms with Gasteiger partial charge in [0, 0.05) is 5.92 Å². The molecule has 0 bridgehead atoms. The summed E-state index contributed by atoms with van der Waals surface area (Å²) in [6.07, 6.45) is 12.7. The van der Waals surface area contributed by atoms with Crippen LogP contribution in [0, 0.1) is 52.3 Å². The number of halogens is 2. The van der Waals surface area contributed by atoms with E-state index in [4.69, 9.17) is 23.2 Å². The number of hydrogen-bond acceptors (Lipinski definition) is 2. The van der Waals surface area contributed by atoms with E-state index in [9.17, 15) is 15.0 Å². The molecule has 9 atom stereocenters. The first-order valence-electron chi connectivity index (χ1n) is 13.8. The van der Waals surface area contributed by atoms with Gasteiger partial charge in [0.05, 0.1) is 6.10 Å². The van der Waals surface area contributed by atoms with Crippen molar-refractivity contribution < 1.29 is 15.0 Å². The van der Waals surface area contributed by atoms with Crippen LogP contribution in [0.4, 0.5) is 0 Å². The van der Waals surface area contributed by atoms with Crippen molar-refractivity contribution in [3.05, 3.63) is 11.6 Å². The van der Waals surface area contributed by atoms with Crippen molar-refractivity contribution in [2.45, 2.75) is 109 Å². The molecule has 5 heteroatoms. The SMILES string of the molecule is CC(C)CCC[C@@H](C)[C@H]1CC[C@H]2[C@@H]3CC=C4C[C@@H](O)CC(C(Cl)(Cl)C(=O)O)[C@]4(C)[C@H]3CC[C@]12C. The summed E-state index contributed by atoms with van der Waals surface area (Å²) < 4.78 is -1.89. The molecule has 194 valence electrons. The highest BCUT2D eigenvalue weighted by molar-refractivity contribution is 6.57. The molecule has 4 aliphatic rings. The molecule has 0 aromatic rings. The highest BCUT2D eigenvalue weighted by Gasteiger charge is 2.64. The summed E-state index contributed by atoms with van der Waals surface area (Å²) in [5.74, 6) is 2.27. The van der Waals surface area contributed by atoms with Crippen LogP contribution >= 0.6 is 23.2 Å². The molecule has 0 spiro atoms. The Bertz CT molecular complexity index is 807. The van der Waals surface area contributed by atoms with Crippen molar-refractivity contribution in [2.24, 2.45) is 52.3 Å². The lowest BCUT2D eigenvalue weighted by Gasteiger charge is -2.61. The van der Waals surface area contributed by atoms with Crippen molar-refractivity contribution in [2.75, 3.05) is 0 Å². The topological polar surface area (TPSA) is 57.5 Å². The molecule has 4 rings (SSSR count). The summed E-state index contributed by atoms with van der Waals surface area (Å²) in [5, 5.41) is 20.5. The standard InChI is InChI=1S/C29H46Cl2O3/c1-17(2)7-6-8-18(3)22-11-12-23-21-10-9-19-15-20(32)16-25(29(30,31)26(33)34)28(19,5)24(21)13-14-27(22,23)4/h9,17-18,20-25,32H,6-8,10-16H2,1-5H3,(H,33,34)/t18-,20-,21+,22-,23+,24+,25?,27-,28+/m1/s1. The van der Waals surface area contributed by atoms with E-state index in [1.807, 2.05) is 0 Å². The number of fused-ring (bicyclic) bond motifs is 5. The molecule has 2 N–H and O–H groups in total. The number of carboxylic acid groups (broad SMARTS) is 1. The summed E-state index contributed by atoms with van der Waals surface area (Å²) in [4.78, 5) is 12.1. The fourth-order valence-electron chi connectivity index (χ4n) is 9.43. The zero-order valence-electron chi connectivity index (χ0n) is 21.8. The van der Waals surface area contributed by atoms with Crippen LogP contribution in [0.2, 0.25) is 0 Å². The number of alkyl halides is 2. The zero-order chi connectivity index (χ0) is 25.1. The van der Waals surface area contributed by atoms with E-state index >= 15 is 0 Å². The second-order valence-electron chi connectivity index (χ2n) is 13.2. The molecule has 0 aromatic heterocycles. The summed E-state index contributed by atoms with van der Waals surface area (Å²) in [7, 11) is 0. The van der Waals surface area contributed by atoms with E-state index in [0.29, 0.717) is 36.0 Å². The van der Waals surface area contributed by atoms with Gasteiger partial charge in [0.2, 0.25) is 4.33 Å². The van der Waals surface area contributed by atoms with E-state index in [1.165, 1.54) is 44.1 Å². The van der Waals surface area contributed by atoms with Gasteiger partial charge < -0.3 is 10.2 Å². The van der Waals surface area contributed by atoms with Crippen molar-refractivity contribution in [1.82, 2.24) is 0 Å². The molecule has 3 fully saturated rings. The molecule has 1 unspecified atom stereocenters. The Morgan fingerprint density at radius 1 is 1.15 bits per heavy atom. The summed E-state index contributed by atoms with van der Waals surface area (Å²) >= 11 is 13.1. The van der Waals surface area contributed by atoms with Crippen molar-refractivity contribution in [3.63, 3.8) is 0 Å². The quantitative estimate of drug-likeness (QED) is 0.269. The number of carboxylic acids is 1. The van der Waals surface area contributed by atoms with Gasteiger partial charge in [0.1, 0.15) is 0 Å². The van der Waals surface area contributed by atoms with Gasteiger partial charge in [-0.1, -0.05) is 88.7 Å². The van der Waals surface area contributed by atoms with Crippen molar-refractivity contribution in [3.8, 4) is 0 Å². The van der Waals surface area contributed by atoms with Crippen LogP contribution < -0.4 is 0 Å². The maximum atomic E-state index is 12.1. The predicted octanol–water partition coefficient (Wildman–Crippen LogP) is 7.87. The minimum absolute atomic E-state index is 0.355. The lowest BCUT2D eigenvalue weighted by Crippen LogP contribution is -2.58. The van der Waals surface area contributed by atoms with Crippen LogP contribution in [0.3, 0.4) is 0 Å². The minimum Gasteiger partial charge on any atom is -0.479 e. The third-order valence-electron chi connectivity index (χ3n) is 11.1. The molecular weight excluding hydrogens is 467 g/mol. The maximum absolute atomic E-state index is 12.1. The van der Waals surface area contributed by atoms with Gasteiger partial charge in [-0.05, 0) is 91.3 Å². The van der Waals surface area contributed by atoms with Gasteiger partial charge in [0.15, 0.2) is 0 Å². The Kier molecular flexibility index (Phi) is 7.54. The van der Waals surface area contributed by atoms with E-state index in [0.717, 1.165) is 30.6 Å². The molecule has 4 aliphatic carbocycles. The Hall–Kier alpha value is -0.250. The zero-order valence-corrected chi connectivity index (χ0v) is 23.3. The Balaban J connectivity index is 1.60. The fraction of sp³-hybridized carbons (Fsp3) is 0.897. The molecule has 0 radical (unpaired) electrons. The summed E-state index contributed by atoms with van der Waals surface area (Å²) in [6.45, 7) is 11.9. The van der Waals surface area contributed by atoms with Crippen LogP contribution in [-0.4, -0.2) is 26.6 Å². The molecule has 0 heterocycles. The average Bonchev–Trinajstić information content (AvgIpc) is 3.10. The molecule has 34 heavy (non-hydrogen) atoms. The number of aliphatic carboxylic acids is 1. The summed E-state index contributed by atoms with van der Waals surface area (Å²) in [6, 6.07) is 0. The van der Waals surface area contributed by atoms with Crippen LogP contribution in [0.1, 0.15) is 98.8 Å². The smallest absolute Gasteiger partial charge is 0.340 e. The number of aliphatic hydroxyl groups is 1. The molecule has 0 saturated heterocycles. The van der Waals surface area contributed by atoms with Gasteiger partial charge in [-0.2, -0.15) is 0 Å². The number of allylic oxidation sites excluding steroid dienone is 1. The third-order valence-corrected chi connectivity index (χ3v) is 12.0. The molecule has 0 aromatic carbocycles. The van der Waals surface area contributed by atoms with Crippen LogP contribution in [0.5, 0.6) is 0 Å². The number of rotatable bonds is 7. The number of hydrogen-bond donors (Lipinski definition) is 2. The monoisotopic (exact) mass is 512 g/mol. The van der Waals surface area contributed by atoms with Crippen LogP contribution in [0.25, 0.3) is 0 Å². The van der Waals surface area contributed by atoms with Gasteiger partial charge in [-0.25, -0.2) is 4.79 Å². The average molecular weight is 514 g/mol. The first kappa shape index (κ1) is 26.8. The van der Waals surface area contributed by atoms with Crippen molar-refractivity contribution in [1.29, 1.82) is 0 Å². The van der Waals surface area contributed by atoms with Gasteiger partial charge in [-0.3, -0.25) is 0 Å². The first-order valence-corrected chi connectivity index (χ1v) is 14.6. The van der Waals surface area contributed by atoms with E-state index in [-0.39, 0.29) is 5.41 Å². The summed E-state index contributed by atoms with van der Waals surface area (Å²) in [5.41, 5.74) is 1.20. The molecule has 0 aliphatic heterocycles. The number of carbonyl (C=O) groups is 1. The number of aliphatic hydroxyl groups excluding tert-OH is 1. The second-order valence-corrected chi connectivity index (χ2v) is 14.6. The molecular formula is C29H46Cl2O3. The molecule has 0 amide bonds. The minimum atomic E-state index is -1.89. The largest absolute Gasteiger partial charge is 0.479 e. The molecule has 3 nitrogen and oxygen atoms in total. The Morgan fingerprint density at radius 2 is 1.85 bits per heavy atom. The van der Waals surface area contributed by atoms with Gasteiger partial charge >= 0.3 is 5.97 Å². The second kappa shape index (κ2) is 9.56. The molecule has 3 saturated carbocycles. The fourth-order valence-corrected chi connectivity index (χ4v) is 10.1. The van der Waals surface area contributed by atoms with Gasteiger partial charge in [0.25, 0.3) is 0 Å². The highest BCUT2D eigenvalue weighted by atomic mass is 35.5. The van der Waals surface area contributed by atoms with Gasteiger partial charge in [-0.15, -0.1) is 0 Å². The lowest BCUT2D eigenvalue weighted by atomic mass is 9.44. The first-order chi connectivity index (χ1) is 15.8. The Labute approximate surface area is 217 Å². The van der Waals surface area contributed by atoms with Crippen LogP contribution in [-0.2, 0) is 4.79 Å².